The van der Waals surface area contributed by atoms with Crippen molar-refractivity contribution in [3.8, 4) is 0 Å². The Morgan fingerprint density at radius 2 is 1.83 bits per heavy atom. The Kier molecular flexibility index (Phi) is 3.63. The minimum Gasteiger partial charge on any atom is -0.317 e. The number of aryl methyl sites for hydroxylation is 1. The van der Waals surface area contributed by atoms with Gasteiger partial charge in [0.25, 0.3) is 5.56 Å². The molecule has 7 nitrogen and oxygen atoms in total. The Balaban J connectivity index is 2.08. The minimum atomic E-state index is -1.13. The molecule has 0 fully saturated rings. The molecule has 9 heteroatoms. The molecule has 0 atom stereocenters. The summed E-state index contributed by atoms with van der Waals surface area (Å²) in [6.45, 7) is -0.297. The summed E-state index contributed by atoms with van der Waals surface area (Å²) in [6.07, 6.45) is 1.25. The normalized spacial score (nSPS) is 11.2. The molecular weight excluding hydrogens is 322 g/mol. The van der Waals surface area contributed by atoms with Crippen molar-refractivity contribution in [1.29, 1.82) is 0 Å². The molecule has 1 aromatic carbocycles. The van der Waals surface area contributed by atoms with E-state index in [-0.39, 0.29) is 23.3 Å². The lowest BCUT2D eigenvalue weighted by Crippen LogP contribution is -2.37. The lowest BCUT2D eigenvalue weighted by atomic mass is 10.1. The first-order valence-corrected chi connectivity index (χ1v) is 6.90. The van der Waals surface area contributed by atoms with Gasteiger partial charge < -0.3 is 4.57 Å². The number of fused-ring (bicyclic) bond motifs is 1. The van der Waals surface area contributed by atoms with Gasteiger partial charge in [-0.25, -0.2) is 18.6 Å². The largest absolute Gasteiger partial charge is 0.332 e. The smallest absolute Gasteiger partial charge is 0.317 e. The molecule has 3 aromatic rings. The average Bonchev–Trinajstić information content (AvgIpc) is 2.97. The number of halogens is 2. The standard InChI is InChI=1S/C15H12F2N4O3/c1-19-13-12(14(23)20(2)15(19)24)21(7-18-13)6-11(22)8-3-4-9(16)10(17)5-8/h3-5,7H,6H2,1-2H3. The monoisotopic (exact) mass is 334 g/mol. The first kappa shape index (κ1) is 15.8. The van der Waals surface area contributed by atoms with Crippen LogP contribution in [-0.2, 0) is 20.6 Å². The number of Topliss-reactive ketones (excluding diaryl/α,β-unsaturated/α-hetero) is 1. The molecule has 2 heterocycles. The van der Waals surface area contributed by atoms with Crippen molar-refractivity contribution in [3.05, 3.63) is 62.6 Å². The van der Waals surface area contributed by atoms with Crippen molar-refractivity contribution in [3.63, 3.8) is 0 Å². The van der Waals surface area contributed by atoms with Crippen molar-refractivity contribution in [1.82, 2.24) is 18.7 Å². The Hall–Kier alpha value is -3.10. The van der Waals surface area contributed by atoms with Crippen LogP contribution < -0.4 is 11.2 Å². The van der Waals surface area contributed by atoms with Crippen LogP contribution in [0.4, 0.5) is 8.78 Å². The number of nitrogens with zero attached hydrogens (tertiary/aromatic N) is 4. The lowest BCUT2D eigenvalue weighted by molar-refractivity contribution is 0.0972. The number of rotatable bonds is 3. The number of aromatic nitrogens is 4. The maximum atomic E-state index is 13.2. The Labute approximate surface area is 133 Å². The van der Waals surface area contributed by atoms with Gasteiger partial charge in [0.1, 0.15) is 0 Å². The number of ketones is 1. The maximum Gasteiger partial charge on any atom is 0.332 e. The van der Waals surface area contributed by atoms with Crippen LogP contribution in [0.25, 0.3) is 11.2 Å². The van der Waals surface area contributed by atoms with Gasteiger partial charge in [-0.05, 0) is 18.2 Å². The van der Waals surface area contributed by atoms with E-state index in [1.165, 1.54) is 29.6 Å². The molecule has 0 unspecified atom stereocenters. The van der Waals surface area contributed by atoms with Gasteiger partial charge in [0.15, 0.2) is 28.6 Å². The summed E-state index contributed by atoms with van der Waals surface area (Å²) in [5.74, 6) is -2.71. The summed E-state index contributed by atoms with van der Waals surface area (Å²) >= 11 is 0. The van der Waals surface area contributed by atoms with Gasteiger partial charge in [0, 0.05) is 19.7 Å². The van der Waals surface area contributed by atoms with Gasteiger partial charge in [0.2, 0.25) is 0 Å². The molecule has 24 heavy (non-hydrogen) atoms. The van der Waals surface area contributed by atoms with E-state index in [9.17, 15) is 23.2 Å². The highest BCUT2D eigenvalue weighted by Crippen LogP contribution is 2.12. The zero-order chi connectivity index (χ0) is 17.6. The molecule has 0 saturated heterocycles. The highest BCUT2D eigenvalue weighted by atomic mass is 19.2. The molecule has 3 rings (SSSR count). The second-order valence-corrected chi connectivity index (χ2v) is 5.30. The fourth-order valence-electron chi connectivity index (χ4n) is 2.43. The van der Waals surface area contributed by atoms with E-state index in [2.05, 4.69) is 4.98 Å². The Morgan fingerprint density at radius 3 is 2.50 bits per heavy atom. The fraction of sp³-hybridized carbons (Fsp3) is 0.200. The van der Waals surface area contributed by atoms with Crippen molar-refractivity contribution in [2.45, 2.75) is 6.54 Å². The molecule has 0 spiro atoms. The molecule has 0 aliphatic carbocycles. The van der Waals surface area contributed by atoms with Gasteiger partial charge in [-0.15, -0.1) is 0 Å². The predicted molar refractivity (Wildman–Crippen MR) is 80.9 cm³/mol. The number of hydrogen-bond acceptors (Lipinski definition) is 4. The van der Waals surface area contributed by atoms with E-state index in [0.717, 1.165) is 22.8 Å². The van der Waals surface area contributed by atoms with Crippen LogP contribution in [0.5, 0.6) is 0 Å². The van der Waals surface area contributed by atoms with Crippen LogP contribution in [0.1, 0.15) is 10.4 Å². The third-order valence-electron chi connectivity index (χ3n) is 3.77. The van der Waals surface area contributed by atoms with Gasteiger partial charge in [-0.1, -0.05) is 0 Å². The molecule has 0 aliphatic rings. The average molecular weight is 334 g/mol. The second-order valence-electron chi connectivity index (χ2n) is 5.30. The predicted octanol–water partition coefficient (Wildman–Crippen LogP) is 0.595. The van der Waals surface area contributed by atoms with Crippen LogP contribution in [0.2, 0.25) is 0 Å². The second kappa shape index (κ2) is 5.52. The number of imidazole rings is 1. The zero-order valence-electron chi connectivity index (χ0n) is 12.8. The van der Waals surface area contributed by atoms with Crippen LogP contribution >= 0.6 is 0 Å². The highest BCUT2D eigenvalue weighted by Gasteiger charge is 2.17. The number of carbonyl (C=O) groups is 1. The molecule has 0 saturated carbocycles. The summed E-state index contributed by atoms with van der Waals surface area (Å²) in [5.41, 5.74) is -0.942. The third kappa shape index (κ3) is 2.34. The van der Waals surface area contributed by atoms with E-state index in [1.807, 2.05) is 0 Å². The molecular formula is C15H12F2N4O3. The van der Waals surface area contributed by atoms with Crippen LogP contribution in [-0.4, -0.2) is 24.5 Å². The number of benzene rings is 1. The maximum absolute atomic E-state index is 13.2. The first-order valence-electron chi connectivity index (χ1n) is 6.90. The van der Waals surface area contributed by atoms with Crippen LogP contribution in [0.15, 0.2) is 34.1 Å². The topological polar surface area (TPSA) is 78.9 Å². The first-order chi connectivity index (χ1) is 11.3. The van der Waals surface area contributed by atoms with Crippen molar-refractivity contribution >= 4 is 16.9 Å². The van der Waals surface area contributed by atoms with E-state index < -0.39 is 28.7 Å². The highest BCUT2D eigenvalue weighted by molar-refractivity contribution is 5.96. The van der Waals surface area contributed by atoms with Crippen LogP contribution in [0.3, 0.4) is 0 Å². The van der Waals surface area contributed by atoms with Gasteiger partial charge in [-0.3, -0.25) is 18.7 Å². The molecule has 0 amide bonds. The quantitative estimate of drug-likeness (QED) is 0.657. The van der Waals surface area contributed by atoms with Gasteiger partial charge in [0.05, 0.1) is 12.9 Å². The summed E-state index contributed by atoms with van der Waals surface area (Å²) in [6, 6.07) is 2.82. The number of carbonyl (C=O) groups excluding carboxylic acids is 1. The summed E-state index contributed by atoms with van der Waals surface area (Å²) in [4.78, 5) is 40.4. The lowest BCUT2D eigenvalue weighted by Gasteiger charge is -2.06. The SMILES string of the molecule is Cn1c(=O)c2c(ncn2CC(=O)c2ccc(F)c(F)c2)n(C)c1=O. The zero-order valence-corrected chi connectivity index (χ0v) is 12.8. The van der Waals surface area contributed by atoms with E-state index in [4.69, 9.17) is 0 Å². The Bertz CT molecular complexity index is 1090. The van der Waals surface area contributed by atoms with Crippen molar-refractivity contribution in [2.75, 3.05) is 0 Å². The molecule has 0 bridgehead atoms. The van der Waals surface area contributed by atoms with E-state index >= 15 is 0 Å². The summed E-state index contributed by atoms with van der Waals surface area (Å²) < 4.78 is 29.6. The summed E-state index contributed by atoms with van der Waals surface area (Å²) in [5, 5.41) is 0. The molecule has 2 aromatic heterocycles. The van der Waals surface area contributed by atoms with E-state index in [0.29, 0.717) is 0 Å². The minimum absolute atomic E-state index is 0.0302. The summed E-state index contributed by atoms with van der Waals surface area (Å²) in [7, 11) is 2.78. The van der Waals surface area contributed by atoms with Gasteiger partial charge >= 0.3 is 5.69 Å². The fourth-order valence-corrected chi connectivity index (χ4v) is 2.43. The molecule has 0 N–H and O–H groups in total. The third-order valence-corrected chi connectivity index (χ3v) is 3.77. The van der Waals surface area contributed by atoms with Crippen molar-refractivity contribution in [2.24, 2.45) is 14.1 Å². The van der Waals surface area contributed by atoms with E-state index in [1.54, 1.807) is 0 Å². The Morgan fingerprint density at radius 1 is 1.12 bits per heavy atom. The molecule has 0 radical (unpaired) electrons. The molecule has 0 aliphatic heterocycles. The van der Waals surface area contributed by atoms with Gasteiger partial charge in [-0.2, -0.15) is 0 Å². The molecule has 124 valence electrons. The van der Waals surface area contributed by atoms with Crippen molar-refractivity contribution < 1.29 is 13.6 Å². The van der Waals surface area contributed by atoms with Crippen LogP contribution in [0, 0.1) is 11.6 Å². The number of hydrogen-bond donors (Lipinski definition) is 0.